The van der Waals surface area contributed by atoms with E-state index in [2.05, 4.69) is 15.5 Å². The molecule has 0 bridgehead atoms. The van der Waals surface area contributed by atoms with Crippen molar-refractivity contribution in [3.05, 3.63) is 71.9 Å². The molecule has 0 aliphatic heterocycles. The lowest BCUT2D eigenvalue weighted by Crippen LogP contribution is -2.25. The van der Waals surface area contributed by atoms with Crippen molar-refractivity contribution in [1.82, 2.24) is 15.5 Å². The minimum atomic E-state index is -0.318. The van der Waals surface area contributed by atoms with E-state index in [1.165, 1.54) is 12.1 Å². The molecule has 0 radical (unpaired) electrons. The number of amides is 1. The molecule has 128 valence electrons. The highest BCUT2D eigenvalue weighted by Gasteiger charge is 2.09. The summed E-state index contributed by atoms with van der Waals surface area (Å²) in [5, 5.41) is 10.7. The number of halogens is 1. The normalized spacial score (nSPS) is 10.6. The molecule has 3 aromatic rings. The molecule has 1 N–H and O–H groups in total. The Bertz CT molecular complexity index is 816. The average Bonchev–Trinajstić information content (AvgIpc) is 3.10. The first-order chi connectivity index (χ1) is 12.2. The molecule has 1 amide bonds. The number of aromatic nitrogens is 2. The van der Waals surface area contributed by atoms with Gasteiger partial charge in [-0.25, -0.2) is 4.39 Å². The molecule has 3 rings (SSSR count). The molecule has 1 heterocycles. The van der Waals surface area contributed by atoms with Gasteiger partial charge in [-0.2, -0.15) is 0 Å². The van der Waals surface area contributed by atoms with Crippen LogP contribution in [0.25, 0.3) is 11.5 Å². The quantitative estimate of drug-likeness (QED) is 0.718. The highest BCUT2D eigenvalue weighted by Crippen LogP contribution is 2.18. The van der Waals surface area contributed by atoms with E-state index >= 15 is 0 Å². The van der Waals surface area contributed by atoms with Gasteiger partial charge in [-0.1, -0.05) is 30.3 Å². The van der Waals surface area contributed by atoms with Gasteiger partial charge in [0.25, 0.3) is 0 Å². The second kappa shape index (κ2) is 8.19. The summed E-state index contributed by atoms with van der Waals surface area (Å²) in [6, 6.07) is 15.7. The fraction of sp³-hybridized carbons (Fsp3) is 0.211. The van der Waals surface area contributed by atoms with Crippen molar-refractivity contribution in [2.45, 2.75) is 19.3 Å². The zero-order valence-electron chi connectivity index (χ0n) is 13.6. The summed E-state index contributed by atoms with van der Waals surface area (Å²) in [6.45, 7) is 0.429. The number of nitrogens with one attached hydrogen (secondary N) is 1. The average molecular weight is 339 g/mol. The molecule has 2 aromatic carbocycles. The van der Waals surface area contributed by atoms with Gasteiger partial charge in [0.05, 0.1) is 0 Å². The zero-order valence-corrected chi connectivity index (χ0v) is 13.6. The van der Waals surface area contributed by atoms with Crippen LogP contribution in [0.5, 0.6) is 0 Å². The summed E-state index contributed by atoms with van der Waals surface area (Å²) in [5.41, 5.74) is 1.80. The maximum atomic E-state index is 12.9. The lowest BCUT2D eigenvalue weighted by Gasteiger charge is -2.03. The number of benzene rings is 2. The van der Waals surface area contributed by atoms with E-state index in [1.54, 1.807) is 12.1 Å². The van der Waals surface area contributed by atoms with E-state index in [0.717, 1.165) is 5.56 Å². The van der Waals surface area contributed by atoms with Crippen molar-refractivity contribution in [1.29, 1.82) is 0 Å². The largest absolute Gasteiger partial charge is 0.421 e. The van der Waals surface area contributed by atoms with Gasteiger partial charge in [-0.15, -0.1) is 10.2 Å². The molecular weight excluding hydrogens is 321 g/mol. The smallest absolute Gasteiger partial charge is 0.247 e. The van der Waals surface area contributed by atoms with E-state index < -0.39 is 0 Å². The third kappa shape index (κ3) is 4.97. The Morgan fingerprint density at radius 1 is 1.00 bits per heavy atom. The number of aryl methyl sites for hydroxylation is 1. The molecule has 6 heteroatoms. The molecule has 0 aliphatic carbocycles. The number of carbonyl (C=O) groups is 1. The first-order valence-corrected chi connectivity index (χ1v) is 8.09. The summed E-state index contributed by atoms with van der Waals surface area (Å²) < 4.78 is 18.4. The van der Waals surface area contributed by atoms with Crippen LogP contribution in [0, 0.1) is 5.82 Å². The molecule has 1 aromatic heterocycles. The van der Waals surface area contributed by atoms with Crippen LogP contribution in [0.2, 0.25) is 0 Å². The first kappa shape index (κ1) is 16.8. The van der Waals surface area contributed by atoms with Gasteiger partial charge in [0.1, 0.15) is 5.82 Å². The zero-order chi connectivity index (χ0) is 17.5. The number of rotatable bonds is 7. The van der Waals surface area contributed by atoms with Gasteiger partial charge in [-0.05, 0) is 36.2 Å². The molecule has 25 heavy (non-hydrogen) atoms. The second-order valence-electron chi connectivity index (χ2n) is 5.59. The highest BCUT2D eigenvalue weighted by molar-refractivity contribution is 5.76. The Kier molecular flexibility index (Phi) is 5.51. The minimum Gasteiger partial charge on any atom is -0.421 e. The third-order valence-corrected chi connectivity index (χ3v) is 3.70. The molecule has 5 nitrogen and oxygen atoms in total. The second-order valence-corrected chi connectivity index (χ2v) is 5.59. The van der Waals surface area contributed by atoms with Crippen LogP contribution >= 0.6 is 0 Å². The monoisotopic (exact) mass is 339 g/mol. The molecule has 0 spiro atoms. The van der Waals surface area contributed by atoms with Crippen LogP contribution in [0.4, 0.5) is 4.39 Å². The fourth-order valence-corrected chi connectivity index (χ4v) is 2.36. The molecular formula is C19H18FN3O2. The number of hydrogen-bond acceptors (Lipinski definition) is 4. The Balaban J connectivity index is 1.43. The molecule has 0 saturated heterocycles. The van der Waals surface area contributed by atoms with Gasteiger partial charge < -0.3 is 9.73 Å². The van der Waals surface area contributed by atoms with E-state index in [0.29, 0.717) is 43.2 Å². The van der Waals surface area contributed by atoms with Crippen molar-refractivity contribution >= 4 is 5.91 Å². The SMILES string of the molecule is O=C(CCc1ccccc1)NCCc1nnc(-c2ccc(F)cc2)o1. The number of nitrogens with zero attached hydrogens (tertiary/aromatic N) is 2. The van der Waals surface area contributed by atoms with Crippen molar-refractivity contribution in [2.75, 3.05) is 6.54 Å². The molecule has 0 fully saturated rings. The fourth-order valence-electron chi connectivity index (χ4n) is 2.36. The maximum Gasteiger partial charge on any atom is 0.247 e. The lowest BCUT2D eigenvalue weighted by atomic mass is 10.1. The Morgan fingerprint density at radius 2 is 1.76 bits per heavy atom. The minimum absolute atomic E-state index is 0.0119. The van der Waals surface area contributed by atoms with Crippen LogP contribution in [-0.2, 0) is 17.6 Å². The van der Waals surface area contributed by atoms with Crippen molar-refractivity contribution in [2.24, 2.45) is 0 Å². The van der Waals surface area contributed by atoms with Crippen molar-refractivity contribution in [3.63, 3.8) is 0 Å². The summed E-state index contributed by atoms with van der Waals surface area (Å²) >= 11 is 0. The molecule has 0 atom stereocenters. The van der Waals surface area contributed by atoms with Gasteiger partial charge in [0.2, 0.25) is 17.7 Å². The van der Waals surface area contributed by atoms with E-state index in [-0.39, 0.29) is 11.7 Å². The summed E-state index contributed by atoms with van der Waals surface area (Å²) in [4.78, 5) is 11.9. The Labute approximate surface area is 144 Å². The van der Waals surface area contributed by atoms with Crippen LogP contribution < -0.4 is 5.32 Å². The van der Waals surface area contributed by atoms with E-state index in [1.807, 2.05) is 30.3 Å². The van der Waals surface area contributed by atoms with Gasteiger partial charge in [-0.3, -0.25) is 4.79 Å². The highest BCUT2D eigenvalue weighted by atomic mass is 19.1. The van der Waals surface area contributed by atoms with Gasteiger partial charge >= 0.3 is 0 Å². The van der Waals surface area contributed by atoms with Crippen LogP contribution in [0.3, 0.4) is 0 Å². The topological polar surface area (TPSA) is 68.0 Å². The van der Waals surface area contributed by atoms with E-state index in [4.69, 9.17) is 4.42 Å². The summed E-state index contributed by atoms with van der Waals surface area (Å²) in [6.07, 6.45) is 1.60. The van der Waals surface area contributed by atoms with Gasteiger partial charge in [0, 0.05) is 24.9 Å². The Morgan fingerprint density at radius 3 is 2.52 bits per heavy atom. The first-order valence-electron chi connectivity index (χ1n) is 8.09. The number of hydrogen-bond donors (Lipinski definition) is 1. The van der Waals surface area contributed by atoms with Crippen LogP contribution in [-0.4, -0.2) is 22.6 Å². The van der Waals surface area contributed by atoms with Crippen molar-refractivity contribution in [3.8, 4) is 11.5 Å². The molecule has 0 unspecified atom stereocenters. The Hall–Kier alpha value is -3.02. The van der Waals surface area contributed by atoms with Crippen molar-refractivity contribution < 1.29 is 13.6 Å². The maximum absolute atomic E-state index is 12.9. The third-order valence-electron chi connectivity index (χ3n) is 3.70. The van der Waals surface area contributed by atoms with Crippen LogP contribution in [0.1, 0.15) is 17.9 Å². The summed E-state index contributed by atoms with van der Waals surface area (Å²) in [5.74, 6) is 0.442. The molecule has 0 saturated carbocycles. The predicted octanol–water partition coefficient (Wildman–Crippen LogP) is 3.17. The predicted molar refractivity (Wildman–Crippen MR) is 91.2 cm³/mol. The number of carbonyl (C=O) groups excluding carboxylic acids is 1. The van der Waals surface area contributed by atoms with E-state index in [9.17, 15) is 9.18 Å². The summed E-state index contributed by atoms with van der Waals surface area (Å²) in [7, 11) is 0. The molecule has 0 aliphatic rings. The standard InChI is InChI=1S/C19H18FN3O2/c20-16-9-7-15(8-10-16)19-23-22-18(25-19)12-13-21-17(24)11-6-14-4-2-1-3-5-14/h1-5,7-10H,6,11-13H2,(H,21,24). The van der Waals surface area contributed by atoms with Crippen LogP contribution in [0.15, 0.2) is 59.0 Å². The van der Waals surface area contributed by atoms with Gasteiger partial charge in [0.15, 0.2) is 0 Å². The lowest BCUT2D eigenvalue weighted by molar-refractivity contribution is -0.121.